The number of nitrogens with zero attached hydrogens (tertiary/aromatic N) is 3. The number of aryl methyl sites for hydroxylation is 1. The number of aromatic nitrogens is 2. The van der Waals surface area contributed by atoms with Gasteiger partial charge in [0.25, 0.3) is 5.91 Å². The van der Waals surface area contributed by atoms with Gasteiger partial charge in [-0.1, -0.05) is 23.7 Å². The average molecular weight is 347 g/mol. The van der Waals surface area contributed by atoms with Crippen LogP contribution in [-0.2, 0) is 7.05 Å². The van der Waals surface area contributed by atoms with Gasteiger partial charge in [-0.25, -0.2) is 0 Å². The number of rotatable bonds is 4. The minimum absolute atomic E-state index is 0.0349. The smallest absolute Gasteiger partial charge is 0.254 e. The Morgan fingerprint density at radius 1 is 1.29 bits per heavy atom. The lowest BCUT2D eigenvalue weighted by atomic mass is 10.00. The van der Waals surface area contributed by atoms with Crippen molar-refractivity contribution in [3.8, 4) is 0 Å². The first-order chi connectivity index (χ1) is 11.5. The van der Waals surface area contributed by atoms with Gasteiger partial charge in [0.05, 0.1) is 11.8 Å². The highest BCUT2D eigenvalue weighted by Gasteiger charge is 2.25. The van der Waals surface area contributed by atoms with E-state index in [2.05, 4.69) is 34.4 Å². The van der Waals surface area contributed by atoms with Gasteiger partial charge in [0.2, 0.25) is 0 Å². The standard InChI is InChI=1S/C18H23ClN4O/c1-13(14-3-5-16(19)6-4-14)23-9-7-17(8-10-23)21-18(24)15-11-20-22(2)12-15/h3-6,11-13,17H,7-10H2,1-2H3,(H,21,24)/t13-/m0/s1. The van der Waals surface area contributed by atoms with Gasteiger partial charge >= 0.3 is 0 Å². The van der Waals surface area contributed by atoms with Gasteiger partial charge in [-0.3, -0.25) is 14.4 Å². The third-order valence-corrected chi connectivity index (χ3v) is 4.98. The molecule has 0 aliphatic carbocycles. The summed E-state index contributed by atoms with van der Waals surface area (Å²) in [6, 6.07) is 8.64. The van der Waals surface area contributed by atoms with Crippen LogP contribution < -0.4 is 5.32 Å². The molecule has 1 aromatic carbocycles. The minimum atomic E-state index is -0.0349. The summed E-state index contributed by atoms with van der Waals surface area (Å²) in [7, 11) is 1.81. The molecular weight excluding hydrogens is 324 g/mol. The average Bonchev–Trinajstić information content (AvgIpc) is 3.02. The van der Waals surface area contributed by atoms with E-state index in [1.54, 1.807) is 17.1 Å². The summed E-state index contributed by atoms with van der Waals surface area (Å²) in [6.45, 7) is 4.17. The molecule has 128 valence electrons. The van der Waals surface area contributed by atoms with Crippen molar-refractivity contribution in [2.45, 2.75) is 31.8 Å². The zero-order valence-electron chi connectivity index (χ0n) is 14.1. The fraction of sp³-hybridized carbons (Fsp3) is 0.444. The highest BCUT2D eigenvalue weighted by Crippen LogP contribution is 2.25. The molecule has 1 aromatic heterocycles. The van der Waals surface area contributed by atoms with E-state index in [4.69, 9.17) is 11.6 Å². The van der Waals surface area contributed by atoms with E-state index in [0.29, 0.717) is 11.6 Å². The first-order valence-electron chi connectivity index (χ1n) is 8.32. The van der Waals surface area contributed by atoms with Crippen LogP contribution in [0.15, 0.2) is 36.7 Å². The van der Waals surface area contributed by atoms with Crippen LogP contribution in [0.2, 0.25) is 5.02 Å². The molecule has 6 heteroatoms. The molecule has 1 N–H and O–H groups in total. The van der Waals surface area contributed by atoms with Crippen molar-refractivity contribution in [1.82, 2.24) is 20.0 Å². The monoisotopic (exact) mass is 346 g/mol. The molecule has 0 unspecified atom stereocenters. The van der Waals surface area contributed by atoms with Crippen LogP contribution in [0.4, 0.5) is 0 Å². The second-order valence-corrected chi connectivity index (χ2v) is 6.85. The Morgan fingerprint density at radius 2 is 1.96 bits per heavy atom. The molecule has 0 radical (unpaired) electrons. The largest absolute Gasteiger partial charge is 0.349 e. The lowest BCUT2D eigenvalue weighted by Crippen LogP contribution is -2.45. The predicted molar refractivity (Wildman–Crippen MR) is 95.1 cm³/mol. The maximum Gasteiger partial charge on any atom is 0.254 e. The topological polar surface area (TPSA) is 50.2 Å². The Hall–Kier alpha value is -1.85. The highest BCUT2D eigenvalue weighted by molar-refractivity contribution is 6.30. The van der Waals surface area contributed by atoms with Crippen LogP contribution in [0.5, 0.6) is 0 Å². The van der Waals surface area contributed by atoms with Crippen molar-refractivity contribution >= 4 is 17.5 Å². The molecule has 3 rings (SSSR count). The summed E-state index contributed by atoms with van der Waals surface area (Å²) in [5.74, 6) is -0.0349. The Balaban J connectivity index is 1.52. The molecule has 1 saturated heterocycles. The second kappa shape index (κ2) is 7.36. The van der Waals surface area contributed by atoms with Crippen molar-refractivity contribution in [2.75, 3.05) is 13.1 Å². The van der Waals surface area contributed by atoms with Crippen molar-refractivity contribution in [1.29, 1.82) is 0 Å². The van der Waals surface area contributed by atoms with Crippen molar-refractivity contribution < 1.29 is 4.79 Å². The number of carbonyl (C=O) groups excluding carboxylic acids is 1. The summed E-state index contributed by atoms with van der Waals surface area (Å²) in [5, 5.41) is 7.93. The van der Waals surface area contributed by atoms with Crippen LogP contribution >= 0.6 is 11.6 Å². The summed E-state index contributed by atoms with van der Waals surface area (Å²) in [4.78, 5) is 14.7. The molecule has 24 heavy (non-hydrogen) atoms. The number of amides is 1. The van der Waals surface area contributed by atoms with Gasteiger partial charge in [-0.2, -0.15) is 5.10 Å². The Labute approximate surface area is 147 Å². The van der Waals surface area contributed by atoms with E-state index < -0.39 is 0 Å². The lowest BCUT2D eigenvalue weighted by molar-refractivity contribution is 0.0896. The number of hydrogen-bond acceptors (Lipinski definition) is 3. The molecule has 1 amide bonds. The summed E-state index contributed by atoms with van der Waals surface area (Å²) in [6.07, 6.45) is 5.27. The molecule has 1 aliphatic heterocycles. The highest BCUT2D eigenvalue weighted by atomic mass is 35.5. The van der Waals surface area contributed by atoms with Gasteiger partial charge in [0.1, 0.15) is 0 Å². The lowest BCUT2D eigenvalue weighted by Gasteiger charge is -2.36. The SMILES string of the molecule is C[C@@H](c1ccc(Cl)cc1)N1CCC(NC(=O)c2cnn(C)c2)CC1. The van der Waals surface area contributed by atoms with Gasteiger partial charge in [-0.15, -0.1) is 0 Å². The van der Waals surface area contributed by atoms with Gasteiger partial charge in [-0.05, 0) is 37.5 Å². The van der Waals surface area contributed by atoms with Crippen molar-refractivity contribution in [3.05, 3.63) is 52.8 Å². The van der Waals surface area contributed by atoms with Gasteiger partial charge in [0.15, 0.2) is 0 Å². The van der Waals surface area contributed by atoms with Crippen LogP contribution in [0, 0.1) is 0 Å². The molecule has 5 nitrogen and oxygen atoms in total. The van der Waals surface area contributed by atoms with E-state index in [9.17, 15) is 4.79 Å². The number of nitrogens with one attached hydrogen (secondary N) is 1. The third-order valence-electron chi connectivity index (χ3n) is 4.73. The number of carbonyl (C=O) groups is 1. The van der Waals surface area contributed by atoms with E-state index in [1.165, 1.54) is 5.56 Å². The van der Waals surface area contributed by atoms with E-state index in [1.807, 2.05) is 19.2 Å². The Bertz CT molecular complexity index is 689. The number of piperidine rings is 1. The zero-order valence-corrected chi connectivity index (χ0v) is 14.8. The third kappa shape index (κ3) is 3.97. The first-order valence-corrected chi connectivity index (χ1v) is 8.70. The quantitative estimate of drug-likeness (QED) is 0.925. The second-order valence-electron chi connectivity index (χ2n) is 6.41. The van der Waals surface area contributed by atoms with Crippen molar-refractivity contribution in [2.24, 2.45) is 7.05 Å². The molecular formula is C18H23ClN4O. The van der Waals surface area contributed by atoms with Crippen LogP contribution in [0.25, 0.3) is 0 Å². The summed E-state index contributed by atoms with van der Waals surface area (Å²) in [5.41, 5.74) is 1.90. The molecule has 1 aliphatic rings. The van der Waals surface area contributed by atoms with Crippen LogP contribution in [-0.4, -0.2) is 39.7 Å². The number of hydrogen-bond donors (Lipinski definition) is 1. The maximum atomic E-state index is 12.2. The molecule has 0 spiro atoms. The van der Waals surface area contributed by atoms with Gasteiger partial charge in [0, 0.05) is 43.4 Å². The Morgan fingerprint density at radius 3 is 2.54 bits per heavy atom. The van der Waals surface area contributed by atoms with Gasteiger partial charge < -0.3 is 5.32 Å². The Kier molecular flexibility index (Phi) is 5.21. The predicted octanol–water partition coefficient (Wildman–Crippen LogP) is 3.03. The van der Waals surface area contributed by atoms with Crippen LogP contribution in [0.1, 0.15) is 41.7 Å². The fourth-order valence-electron chi connectivity index (χ4n) is 3.19. The molecule has 0 saturated carbocycles. The zero-order chi connectivity index (χ0) is 17.1. The normalized spacial score (nSPS) is 17.6. The minimum Gasteiger partial charge on any atom is -0.349 e. The van der Waals surface area contributed by atoms with E-state index >= 15 is 0 Å². The number of benzene rings is 1. The molecule has 2 heterocycles. The van der Waals surface area contributed by atoms with E-state index in [-0.39, 0.29) is 11.9 Å². The number of likely N-dealkylation sites (tertiary alicyclic amines) is 1. The molecule has 1 atom stereocenters. The number of halogens is 1. The van der Waals surface area contributed by atoms with Crippen LogP contribution in [0.3, 0.4) is 0 Å². The maximum absolute atomic E-state index is 12.2. The summed E-state index contributed by atoms with van der Waals surface area (Å²) < 4.78 is 1.64. The van der Waals surface area contributed by atoms with Crippen molar-refractivity contribution in [3.63, 3.8) is 0 Å². The summed E-state index contributed by atoms with van der Waals surface area (Å²) >= 11 is 5.96. The molecule has 2 aromatic rings. The van der Waals surface area contributed by atoms with E-state index in [0.717, 1.165) is 31.0 Å². The molecule has 1 fully saturated rings. The molecule has 0 bridgehead atoms. The first kappa shape index (κ1) is 17.0. The fourth-order valence-corrected chi connectivity index (χ4v) is 3.32.